The minimum absolute atomic E-state index is 0.480. The van der Waals surface area contributed by atoms with E-state index in [0.717, 1.165) is 11.8 Å². The summed E-state index contributed by atoms with van der Waals surface area (Å²) in [6.07, 6.45) is 12.5. The third-order valence-electron chi connectivity index (χ3n) is 5.10. The van der Waals surface area contributed by atoms with Gasteiger partial charge in [-0.25, -0.2) is 0 Å². The Kier molecular flexibility index (Phi) is 5.97. The van der Waals surface area contributed by atoms with E-state index in [2.05, 4.69) is 11.8 Å². The highest BCUT2D eigenvalue weighted by Crippen LogP contribution is 2.26. The SMILES string of the molecule is CCCC1CCCN(CC2CCCCC2N)CC1. The van der Waals surface area contributed by atoms with Crippen LogP contribution in [0.15, 0.2) is 0 Å². The lowest BCUT2D eigenvalue weighted by Gasteiger charge is -2.33. The van der Waals surface area contributed by atoms with Gasteiger partial charge in [0.05, 0.1) is 0 Å². The molecule has 1 aliphatic carbocycles. The highest BCUT2D eigenvalue weighted by Gasteiger charge is 2.25. The number of rotatable bonds is 4. The van der Waals surface area contributed by atoms with Crippen molar-refractivity contribution in [3.63, 3.8) is 0 Å². The third-order valence-corrected chi connectivity index (χ3v) is 5.10. The molecular formula is C16H32N2. The molecule has 2 N–H and O–H groups in total. The van der Waals surface area contributed by atoms with Gasteiger partial charge in [-0.05, 0) is 57.0 Å². The molecule has 2 nitrogen and oxygen atoms in total. The fraction of sp³-hybridized carbons (Fsp3) is 1.00. The normalized spacial score (nSPS) is 35.3. The molecule has 0 bridgehead atoms. The van der Waals surface area contributed by atoms with Crippen LogP contribution in [0.5, 0.6) is 0 Å². The molecule has 3 unspecified atom stereocenters. The summed E-state index contributed by atoms with van der Waals surface area (Å²) < 4.78 is 0. The number of hydrogen-bond donors (Lipinski definition) is 1. The topological polar surface area (TPSA) is 29.3 Å². The molecule has 1 aliphatic heterocycles. The first-order valence-electron chi connectivity index (χ1n) is 8.27. The fourth-order valence-electron chi connectivity index (χ4n) is 3.90. The third kappa shape index (κ3) is 4.24. The molecule has 18 heavy (non-hydrogen) atoms. The molecule has 0 aromatic carbocycles. The van der Waals surface area contributed by atoms with Gasteiger partial charge in [-0.1, -0.05) is 32.6 Å². The predicted octanol–water partition coefficient (Wildman–Crippen LogP) is 3.41. The molecule has 0 amide bonds. The molecule has 0 aromatic rings. The molecule has 2 rings (SSSR count). The Morgan fingerprint density at radius 3 is 2.61 bits per heavy atom. The molecule has 1 saturated carbocycles. The first-order chi connectivity index (χ1) is 8.79. The first-order valence-corrected chi connectivity index (χ1v) is 8.27. The van der Waals surface area contributed by atoms with Crippen LogP contribution in [0.2, 0.25) is 0 Å². The summed E-state index contributed by atoms with van der Waals surface area (Å²) in [5.41, 5.74) is 6.28. The van der Waals surface area contributed by atoms with Gasteiger partial charge >= 0.3 is 0 Å². The van der Waals surface area contributed by atoms with Crippen molar-refractivity contribution < 1.29 is 0 Å². The average molecular weight is 252 g/mol. The van der Waals surface area contributed by atoms with E-state index < -0.39 is 0 Å². The van der Waals surface area contributed by atoms with Gasteiger partial charge in [-0.3, -0.25) is 0 Å². The Balaban J connectivity index is 1.75. The van der Waals surface area contributed by atoms with Crippen LogP contribution >= 0.6 is 0 Å². The lowest BCUT2D eigenvalue weighted by Crippen LogP contribution is -2.41. The summed E-state index contributed by atoms with van der Waals surface area (Å²) in [6, 6.07) is 0.480. The lowest BCUT2D eigenvalue weighted by atomic mass is 9.84. The number of likely N-dealkylation sites (tertiary alicyclic amines) is 1. The van der Waals surface area contributed by atoms with Gasteiger partial charge in [0, 0.05) is 12.6 Å². The lowest BCUT2D eigenvalue weighted by molar-refractivity contribution is 0.187. The molecule has 0 spiro atoms. The van der Waals surface area contributed by atoms with Crippen molar-refractivity contribution in [3.8, 4) is 0 Å². The van der Waals surface area contributed by atoms with E-state index in [1.54, 1.807) is 0 Å². The van der Waals surface area contributed by atoms with E-state index in [1.807, 2.05) is 0 Å². The van der Waals surface area contributed by atoms with Gasteiger partial charge in [-0.15, -0.1) is 0 Å². The van der Waals surface area contributed by atoms with Crippen molar-refractivity contribution >= 4 is 0 Å². The highest BCUT2D eigenvalue weighted by molar-refractivity contribution is 4.81. The first kappa shape index (κ1) is 14.3. The van der Waals surface area contributed by atoms with E-state index >= 15 is 0 Å². The summed E-state index contributed by atoms with van der Waals surface area (Å²) in [4.78, 5) is 2.71. The van der Waals surface area contributed by atoms with Crippen LogP contribution in [0.25, 0.3) is 0 Å². The zero-order valence-corrected chi connectivity index (χ0v) is 12.2. The van der Waals surface area contributed by atoms with Crippen LogP contribution in [-0.2, 0) is 0 Å². The van der Waals surface area contributed by atoms with Crippen LogP contribution < -0.4 is 5.73 Å². The van der Waals surface area contributed by atoms with Gasteiger partial charge in [0.15, 0.2) is 0 Å². The largest absolute Gasteiger partial charge is 0.327 e. The summed E-state index contributed by atoms with van der Waals surface area (Å²) in [5.74, 6) is 1.78. The van der Waals surface area contributed by atoms with Crippen LogP contribution in [0.3, 0.4) is 0 Å². The highest BCUT2D eigenvalue weighted by atomic mass is 15.1. The van der Waals surface area contributed by atoms with Crippen LogP contribution in [0.4, 0.5) is 0 Å². The quantitative estimate of drug-likeness (QED) is 0.831. The van der Waals surface area contributed by atoms with Crippen LogP contribution in [-0.4, -0.2) is 30.6 Å². The van der Waals surface area contributed by atoms with Crippen molar-refractivity contribution in [2.24, 2.45) is 17.6 Å². The van der Waals surface area contributed by atoms with E-state index in [0.29, 0.717) is 6.04 Å². The summed E-state index contributed by atoms with van der Waals surface area (Å²) >= 11 is 0. The maximum atomic E-state index is 6.28. The summed E-state index contributed by atoms with van der Waals surface area (Å²) in [7, 11) is 0. The second-order valence-corrected chi connectivity index (χ2v) is 6.59. The van der Waals surface area contributed by atoms with Crippen molar-refractivity contribution in [3.05, 3.63) is 0 Å². The molecule has 2 heteroatoms. The van der Waals surface area contributed by atoms with Crippen LogP contribution in [0, 0.1) is 11.8 Å². The van der Waals surface area contributed by atoms with Crippen LogP contribution in [0.1, 0.15) is 64.7 Å². The fourth-order valence-corrected chi connectivity index (χ4v) is 3.90. The average Bonchev–Trinajstić information content (AvgIpc) is 2.59. The molecule has 2 fully saturated rings. The molecule has 0 radical (unpaired) electrons. The number of hydrogen-bond acceptors (Lipinski definition) is 2. The second-order valence-electron chi connectivity index (χ2n) is 6.59. The van der Waals surface area contributed by atoms with Gasteiger partial charge in [0.1, 0.15) is 0 Å². The van der Waals surface area contributed by atoms with Crippen molar-refractivity contribution in [2.75, 3.05) is 19.6 Å². The maximum Gasteiger partial charge on any atom is 0.00793 e. The van der Waals surface area contributed by atoms with Gasteiger partial charge in [0.2, 0.25) is 0 Å². The molecule has 0 aromatic heterocycles. The van der Waals surface area contributed by atoms with E-state index in [-0.39, 0.29) is 0 Å². The minimum Gasteiger partial charge on any atom is -0.327 e. The van der Waals surface area contributed by atoms with E-state index in [1.165, 1.54) is 77.4 Å². The van der Waals surface area contributed by atoms with Crippen molar-refractivity contribution in [1.29, 1.82) is 0 Å². The monoisotopic (exact) mass is 252 g/mol. The Morgan fingerprint density at radius 2 is 1.83 bits per heavy atom. The van der Waals surface area contributed by atoms with Gasteiger partial charge < -0.3 is 10.6 Å². The standard InChI is InChI=1S/C16H32N2/c1-2-6-14-7-5-11-18(12-10-14)13-15-8-3-4-9-16(15)17/h14-16H,2-13,17H2,1H3. The summed E-state index contributed by atoms with van der Waals surface area (Å²) in [5, 5.41) is 0. The number of nitrogens with zero attached hydrogens (tertiary/aromatic N) is 1. The summed E-state index contributed by atoms with van der Waals surface area (Å²) in [6.45, 7) is 6.25. The maximum absolute atomic E-state index is 6.28. The molecule has 3 atom stereocenters. The Morgan fingerprint density at radius 1 is 1.00 bits per heavy atom. The zero-order chi connectivity index (χ0) is 12.8. The molecule has 106 valence electrons. The predicted molar refractivity (Wildman–Crippen MR) is 78.6 cm³/mol. The van der Waals surface area contributed by atoms with E-state index in [4.69, 9.17) is 5.73 Å². The van der Waals surface area contributed by atoms with Gasteiger partial charge in [0.25, 0.3) is 0 Å². The Hall–Kier alpha value is -0.0800. The van der Waals surface area contributed by atoms with Crippen molar-refractivity contribution in [1.82, 2.24) is 4.90 Å². The Bertz CT molecular complexity index is 229. The smallest absolute Gasteiger partial charge is 0.00793 e. The molecule has 2 aliphatic rings. The minimum atomic E-state index is 0.480. The molecule has 1 saturated heterocycles. The van der Waals surface area contributed by atoms with E-state index in [9.17, 15) is 0 Å². The number of nitrogens with two attached hydrogens (primary N) is 1. The second kappa shape index (κ2) is 7.49. The Labute approximate surface area is 113 Å². The molecular weight excluding hydrogens is 220 g/mol. The van der Waals surface area contributed by atoms with Gasteiger partial charge in [-0.2, -0.15) is 0 Å². The zero-order valence-electron chi connectivity index (χ0n) is 12.2. The van der Waals surface area contributed by atoms with Crippen molar-refractivity contribution in [2.45, 2.75) is 70.8 Å². The molecule has 1 heterocycles.